The van der Waals surface area contributed by atoms with E-state index < -0.39 is 17.9 Å². The molecule has 0 aliphatic carbocycles. The molecular formula is C10H12ClNO4. The first-order chi connectivity index (χ1) is 7.41. The van der Waals surface area contributed by atoms with Crippen LogP contribution in [0.3, 0.4) is 0 Å². The Hall–Kier alpha value is -1.49. The third kappa shape index (κ3) is 3.00. The molecule has 1 rings (SSSR count). The van der Waals surface area contributed by atoms with Crippen LogP contribution in [-0.2, 0) is 4.79 Å². The molecule has 0 bridgehead atoms. The zero-order valence-electron chi connectivity index (χ0n) is 8.86. The molecule has 0 radical (unpaired) electrons. The maximum atomic E-state index is 11.6. The second-order valence-corrected chi connectivity index (χ2v) is 4.01. The molecule has 0 aromatic carbocycles. The molecule has 1 aromatic rings. The lowest BCUT2D eigenvalue weighted by Crippen LogP contribution is -2.44. The summed E-state index contributed by atoms with van der Waals surface area (Å²) < 4.78 is 4.87. The van der Waals surface area contributed by atoms with Gasteiger partial charge in [-0.1, -0.05) is 13.8 Å². The number of aliphatic carboxylic acids is 1. The summed E-state index contributed by atoms with van der Waals surface area (Å²) in [5.41, 5.74) is 0. The van der Waals surface area contributed by atoms with Crippen LogP contribution in [-0.4, -0.2) is 23.0 Å². The van der Waals surface area contributed by atoms with Gasteiger partial charge in [-0.05, 0) is 29.7 Å². The summed E-state index contributed by atoms with van der Waals surface area (Å²) in [5.74, 6) is -1.89. The van der Waals surface area contributed by atoms with Gasteiger partial charge in [0.25, 0.3) is 5.91 Å². The number of amides is 1. The number of carbonyl (C=O) groups is 2. The Balaban J connectivity index is 2.73. The highest BCUT2D eigenvalue weighted by atomic mass is 35.5. The highest BCUT2D eigenvalue weighted by Crippen LogP contribution is 2.13. The van der Waals surface area contributed by atoms with Crippen LogP contribution in [0.25, 0.3) is 0 Å². The lowest BCUT2D eigenvalue weighted by Gasteiger charge is -2.16. The Bertz CT molecular complexity index is 399. The number of rotatable bonds is 4. The number of halogens is 1. The Labute approximate surface area is 97.4 Å². The van der Waals surface area contributed by atoms with Crippen molar-refractivity contribution in [3.63, 3.8) is 0 Å². The number of furan rings is 1. The van der Waals surface area contributed by atoms with Crippen LogP contribution in [0.2, 0.25) is 5.22 Å². The maximum Gasteiger partial charge on any atom is 0.326 e. The molecular weight excluding hydrogens is 234 g/mol. The quantitative estimate of drug-likeness (QED) is 0.847. The number of carbonyl (C=O) groups excluding carboxylic acids is 1. The zero-order chi connectivity index (χ0) is 12.3. The van der Waals surface area contributed by atoms with E-state index in [4.69, 9.17) is 21.1 Å². The fourth-order valence-electron chi connectivity index (χ4n) is 1.16. The summed E-state index contributed by atoms with van der Waals surface area (Å²) in [7, 11) is 0. The predicted molar refractivity (Wildman–Crippen MR) is 57.4 cm³/mol. The van der Waals surface area contributed by atoms with E-state index in [9.17, 15) is 9.59 Å². The molecule has 1 heterocycles. The molecule has 0 fully saturated rings. The highest BCUT2D eigenvalue weighted by molar-refractivity contribution is 6.29. The zero-order valence-corrected chi connectivity index (χ0v) is 9.62. The van der Waals surface area contributed by atoms with Gasteiger partial charge in [0, 0.05) is 0 Å². The topological polar surface area (TPSA) is 79.5 Å². The molecule has 0 aliphatic heterocycles. The average molecular weight is 246 g/mol. The molecule has 1 atom stereocenters. The number of carboxylic acid groups (broad SMARTS) is 1. The molecule has 0 saturated heterocycles. The third-order valence-electron chi connectivity index (χ3n) is 2.02. The van der Waals surface area contributed by atoms with Crippen molar-refractivity contribution in [2.24, 2.45) is 5.92 Å². The SMILES string of the molecule is CC(C)C(NC(=O)c1ccc(Cl)o1)C(=O)O. The lowest BCUT2D eigenvalue weighted by molar-refractivity contribution is -0.140. The summed E-state index contributed by atoms with van der Waals surface area (Å²) >= 11 is 5.50. The summed E-state index contributed by atoms with van der Waals surface area (Å²) in [6, 6.07) is 1.86. The molecule has 1 unspecified atom stereocenters. The molecule has 88 valence electrons. The summed E-state index contributed by atoms with van der Waals surface area (Å²) in [6.45, 7) is 3.41. The molecule has 0 aliphatic rings. The molecule has 6 heteroatoms. The normalized spacial score (nSPS) is 12.5. The summed E-state index contributed by atoms with van der Waals surface area (Å²) in [5, 5.41) is 11.3. The predicted octanol–water partition coefficient (Wildman–Crippen LogP) is 1.77. The molecule has 0 saturated carbocycles. The summed E-state index contributed by atoms with van der Waals surface area (Å²) in [6.07, 6.45) is 0. The van der Waals surface area contributed by atoms with E-state index >= 15 is 0 Å². The van der Waals surface area contributed by atoms with E-state index in [0.717, 1.165) is 0 Å². The van der Waals surface area contributed by atoms with Crippen LogP contribution < -0.4 is 5.32 Å². The van der Waals surface area contributed by atoms with Gasteiger partial charge >= 0.3 is 5.97 Å². The fourth-order valence-corrected chi connectivity index (χ4v) is 1.31. The largest absolute Gasteiger partial charge is 0.480 e. The minimum absolute atomic E-state index is 0.00287. The van der Waals surface area contributed by atoms with Crippen LogP contribution >= 0.6 is 11.6 Å². The van der Waals surface area contributed by atoms with Gasteiger partial charge in [-0.15, -0.1) is 0 Å². The second-order valence-electron chi connectivity index (χ2n) is 3.64. The Morgan fingerprint density at radius 1 is 1.44 bits per heavy atom. The van der Waals surface area contributed by atoms with Crippen molar-refractivity contribution in [3.05, 3.63) is 23.1 Å². The monoisotopic (exact) mass is 245 g/mol. The van der Waals surface area contributed by atoms with Gasteiger partial charge in [0.15, 0.2) is 11.0 Å². The maximum absolute atomic E-state index is 11.6. The van der Waals surface area contributed by atoms with Crippen molar-refractivity contribution in [1.29, 1.82) is 0 Å². The van der Waals surface area contributed by atoms with Gasteiger partial charge in [-0.25, -0.2) is 4.79 Å². The fraction of sp³-hybridized carbons (Fsp3) is 0.400. The van der Waals surface area contributed by atoms with E-state index in [1.165, 1.54) is 12.1 Å². The number of nitrogens with one attached hydrogen (secondary N) is 1. The van der Waals surface area contributed by atoms with Gasteiger partial charge in [0.05, 0.1) is 0 Å². The van der Waals surface area contributed by atoms with Crippen LogP contribution in [0.15, 0.2) is 16.5 Å². The van der Waals surface area contributed by atoms with Gasteiger partial charge < -0.3 is 14.8 Å². The van der Waals surface area contributed by atoms with E-state index in [1.54, 1.807) is 13.8 Å². The first-order valence-electron chi connectivity index (χ1n) is 4.71. The van der Waals surface area contributed by atoms with Crippen LogP contribution in [0.4, 0.5) is 0 Å². The third-order valence-corrected chi connectivity index (χ3v) is 2.22. The van der Waals surface area contributed by atoms with Crippen molar-refractivity contribution in [1.82, 2.24) is 5.32 Å². The van der Waals surface area contributed by atoms with Crippen molar-refractivity contribution in [3.8, 4) is 0 Å². The van der Waals surface area contributed by atoms with Crippen molar-refractivity contribution in [2.75, 3.05) is 0 Å². The van der Waals surface area contributed by atoms with Gasteiger partial charge in [0.2, 0.25) is 0 Å². The van der Waals surface area contributed by atoms with Crippen LogP contribution in [0, 0.1) is 5.92 Å². The average Bonchev–Trinajstić information content (AvgIpc) is 2.59. The first kappa shape index (κ1) is 12.6. The van der Waals surface area contributed by atoms with Gasteiger partial charge in [0.1, 0.15) is 6.04 Å². The lowest BCUT2D eigenvalue weighted by atomic mass is 10.0. The van der Waals surface area contributed by atoms with Gasteiger partial charge in [-0.3, -0.25) is 4.79 Å². The molecule has 0 spiro atoms. The molecule has 1 amide bonds. The van der Waals surface area contributed by atoms with Crippen molar-refractivity contribution < 1.29 is 19.1 Å². The Morgan fingerprint density at radius 3 is 2.44 bits per heavy atom. The Kier molecular flexibility index (Phi) is 3.95. The molecule has 2 N–H and O–H groups in total. The molecule has 5 nitrogen and oxygen atoms in total. The highest BCUT2D eigenvalue weighted by Gasteiger charge is 2.25. The van der Waals surface area contributed by atoms with E-state index in [2.05, 4.69) is 5.32 Å². The first-order valence-corrected chi connectivity index (χ1v) is 5.08. The van der Waals surface area contributed by atoms with E-state index in [0.29, 0.717) is 0 Å². The van der Waals surface area contributed by atoms with E-state index in [-0.39, 0.29) is 16.9 Å². The molecule has 1 aromatic heterocycles. The number of carboxylic acids is 1. The van der Waals surface area contributed by atoms with Crippen molar-refractivity contribution in [2.45, 2.75) is 19.9 Å². The van der Waals surface area contributed by atoms with Gasteiger partial charge in [-0.2, -0.15) is 0 Å². The molecule has 16 heavy (non-hydrogen) atoms. The number of hydrogen-bond donors (Lipinski definition) is 2. The summed E-state index contributed by atoms with van der Waals surface area (Å²) in [4.78, 5) is 22.4. The number of hydrogen-bond acceptors (Lipinski definition) is 3. The Morgan fingerprint density at radius 2 is 2.06 bits per heavy atom. The van der Waals surface area contributed by atoms with Crippen LogP contribution in [0.1, 0.15) is 24.4 Å². The minimum Gasteiger partial charge on any atom is -0.480 e. The standard InChI is InChI=1S/C10H12ClNO4/c1-5(2)8(10(14)15)12-9(13)6-3-4-7(11)16-6/h3-5,8H,1-2H3,(H,12,13)(H,14,15). The van der Waals surface area contributed by atoms with Crippen LogP contribution in [0.5, 0.6) is 0 Å². The van der Waals surface area contributed by atoms with Crippen molar-refractivity contribution >= 4 is 23.5 Å². The van der Waals surface area contributed by atoms with E-state index in [1.807, 2.05) is 0 Å². The second kappa shape index (κ2) is 5.03. The minimum atomic E-state index is -1.08. The smallest absolute Gasteiger partial charge is 0.326 e.